The van der Waals surface area contributed by atoms with Gasteiger partial charge in [0.2, 0.25) is 0 Å². The molecule has 23 heavy (non-hydrogen) atoms. The van der Waals surface area contributed by atoms with E-state index in [1.807, 2.05) is 0 Å². The number of rotatable bonds is 1. The zero-order chi connectivity index (χ0) is 16.2. The third-order valence-corrected chi connectivity index (χ3v) is 8.22. The maximum Gasteiger partial charge on any atom is 0.0577 e. The van der Waals surface area contributed by atoms with Crippen molar-refractivity contribution in [3.8, 4) is 0 Å². The van der Waals surface area contributed by atoms with Crippen LogP contribution in [0.3, 0.4) is 0 Å². The van der Waals surface area contributed by atoms with Crippen LogP contribution in [-0.4, -0.2) is 17.3 Å². The van der Waals surface area contributed by atoms with Crippen LogP contribution < -0.4 is 0 Å². The van der Waals surface area contributed by atoms with Gasteiger partial charge in [0.05, 0.1) is 6.10 Å². The lowest BCUT2D eigenvalue weighted by Gasteiger charge is -2.57. The van der Waals surface area contributed by atoms with Gasteiger partial charge in [-0.1, -0.05) is 30.6 Å². The first kappa shape index (κ1) is 15.5. The van der Waals surface area contributed by atoms with E-state index >= 15 is 0 Å². The molecular formula is C19H29N3O. The highest BCUT2D eigenvalue weighted by molar-refractivity contribution is 5.25. The van der Waals surface area contributed by atoms with Crippen molar-refractivity contribution in [2.75, 3.05) is 0 Å². The third-order valence-electron chi connectivity index (χ3n) is 8.22. The highest BCUT2D eigenvalue weighted by atomic mass is 16.3. The molecule has 0 amide bonds. The molecule has 0 spiro atoms. The van der Waals surface area contributed by atoms with E-state index in [-0.39, 0.29) is 17.6 Å². The molecule has 126 valence electrons. The lowest BCUT2D eigenvalue weighted by Crippen LogP contribution is -2.50. The fraction of sp³-hybridized carbons (Fsp3) is 0.895. The Morgan fingerprint density at radius 1 is 1.17 bits per heavy atom. The van der Waals surface area contributed by atoms with Crippen molar-refractivity contribution in [1.29, 1.82) is 0 Å². The molecule has 4 heteroatoms. The van der Waals surface area contributed by atoms with Crippen molar-refractivity contribution in [2.24, 2.45) is 33.7 Å². The minimum Gasteiger partial charge on any atom is -0.393 e. The van der Waals surface area contributed by atoms with Gasteiger partial charge in [-0.2, -0.15) is 0 Å². The molecule has 0 heterocycles. The summed E-state index contributed by atoms with van der Waals surface area (Å²) < 4.78 is 0. The molecular weight excluding hydrogens is 286 g/mol. The van der Waals surface area contributed by atoms with E-state index in [4.69, 9.17) is 5.53 Å². The molecule has 0 aliphatic heterocycles. The Morgan fingerprint density at radius 2 is 2.00 bits per heavy atom. The smallest absolute Gasteiger partial charge is 0.0577 e. The number of fused-ring (bicyclic) bond motifs is 5. The fourth-order valence-corrected chi connectivity index (χ4v) is 6.87. The summed E-state index contributed by atoms with van der Waals surface area (Å²) in [5.74, 6) is 2.22. The second-order valence-electron chi connectivity index (χ2n) is 9.00. The third kappa shape index (κ3) is 2.11. The van der Waals surface area contributed by atoms with E-state index in [1.165, 1.54) is 31.3 Å². The largest absolute Gasteiger partial charge is 0.393 e. The molecule has 4 nitrogen and oxygen atoms in total. The maximum atomic E-state index is 10.1. The fourth-order valence-electron chi connectivity index (χ4n) is 6.87. The van der Waals surface area contributed by atoms with Gasteiger partial charge in [-0.3, -0.25) is 0 Å². The monoisotopic (exact) mass is 315 g/mol. The SMILES string of the molecule is C[C@]12CC[C@H](O)CC1=CC[C@@H]1[C@@H]2CC[C@]2(C)C(N=[N+]=[N-])CC[C@@H]12. The zero-order valence-electron chi connectivity index (χ0n) is 14.4. The van der Waals surface area contributed by atoms with Crippen molar-refractivity contribution in [1.82, 2.24) is 0 Å². The van der Waals surface area contributed by atoms with E-state index < -0.39 is 0 Å². The predicted octanol–water partition coefficient (Wildman–Crippen LogP) is 4.99. The predicted molar refractivity (Wildman–Crippen MR) is 90.6 cm³/mol. The molecule has 1 unspecified atom stereocenters. The van der Waals surface area contributed by atoms with E-state index in [9.17, 15) is 5.11 Å². The van der Waals surface area contributed by atoms with E-state index in [0.717, 1.165) is 37.5 Å². The van der Waals surface area contributed by atoms with Crippen molar-refractivity contribution in [2.45, 2.75) is 77.4 Å². The van der Waals surface area contributed by atoms with Crippen LogP contribution in [0.5, 0.6) is 0 Å². The summed E-state index contributed by atoms with van der Waals surface area (Å²) >= 11 is 0. The second kappa shape index (κ2) is 5.26. The average Bonchev–Trinajstić information content (AvgIpc) is 2.85. The summed E-state index contributed by atoms with van der Waals surface area (Å²) in [6.07, 6.45) is 11.3. The minimum atomic E-state index is -0.124. The van der Waals surface area contributed by atoms with E-state index in [1.54, 1.807) is 0 Å². The highest BCUT2D eigenvalue weighted by Crippen LogP contribution is 2.65. The Hall–Kier alpha value is -0.990. The number of nitrogens with zero attached hydrogens (tertiary/aromatic N) is 3. The quantitative estimate of drug-likeness (QED) is 0.315. The van der Waals surface area contributed by atoms with Crippen LogP contribution in [-0.2, 0) is 0 Å². The Balaban J connectivity index is 1.66. The number of hydrogen-bond acceptors (Lipinski definition) is 2. The van der Waals surface area contributed by atoms with Crippen LogP contribution in [0.15, 0.2) is 16.8 Å². The molecule has 7 atom stereocenters. The first-order chi connectivity index (χ1) is 11.0. The molecule has 0 radical (unpaired) electrons. The maximum absolute atomic E-state index is 10.1. The van der Waals surface area contributed by atoms with Gasteiger partial charge in [-0.25, -0.2) is 0 Å². The molecule has 0 aromatic rings. The summed E-state index contributed by atoms with van der Waals surface area (Å²) in [6.45, 7) is 4.84. The standard InChI is InChI=1S/C19H29N3O/c1-18-9-7-13(23)11-12(18)3-4-14-15-5-6-17(21-22-20)19(15,2)10-8-16(14)18/h3,13-17,23H,4-11H2,1-2H3/t13-,14-,15-,16-,17?,18-,19-/m0/s1. The van der Waals surface area contributed by atoms with Gasteiger partial charge in [0.25, 0.3) is 0 Å². The molecule has 4 rings (SSSR count). The number of aliphatic hydroxyl groups excluding tert-OH is 1. The van der Waals surface area contributed by atoms with Gasteiger partial charge in [0.15, 0.2) is 0 Å². The van der Waals surface area contributed by atoms with Crippen LogP contribution in [0.4, 0.5) is 0 Å². The van der Waals surface area contributed by atoms with Crippen molar-refractivity contribution < 1.29 is 5.11 Å². The van der Waals surface area contributed by atoms with Gasteiger partial charge >= 0.3 is 0 Å². The van der Waals surface area contributed by atoms with Crippen molar-refractivity contribution in [3.05, 3.63) is 22.1 Å². The first-order valence-electron chi connectivity index (χ1n) is 9.41. The first-order valence-corrected chi connectivity index (χ1v) is 9.41. The number of hydrogen-bond donors (Lipinski definition) is 1. The van der Waals surface area contributed by atoms with E-state index in [2.05, 4.69) is 29.9 Å². The molecule has 0 saturated heterocycles. The molecule has 3 saturated carbocycles. The van der Waals surface area contributed by atoms with Crippen LogP contribution >= 0.6 is 0 Å². The molecule has 0 bridgehead atoms. The number of aliphatic hydroxyl groups is 1. The van der Waals surface area contributed by atoms with E-state index in [0.29, 0.717) is 11.3 Å². The molecule has 0 aromatic carbocycles. The zero-order valence-corrected chi connectivity index (χ0v) is 14.4. The molecule has 4 aliphatic rings. The van der Waals surface area contributed by atoms with Gasteiger partial charge in [-0.05, 0) is 85.5 Å². The Bertz CT molecular complexity index is 581. The van der Waals surface area contributed by atoms with Crippen molar-refractivity contribution >= 4 is 0 Å². The normalized spacial score (nSPS) is 51.8. The van der Waals surface area contributed by atoms with Crippen LogP contribution in [0, 0.1) is 28.6 Å². The topological polar surface area (TPSA) is 69.0 Å². The van der Waals surface area contributed by atoms with Crippen molar-refractivity contribution in [3.63, 3.8) is 0 Å². The Labute approximate surface area is 139 Å². The summed E-state index contributed by atoms with van der Waals surface area (Å²) in [4.78, 5) is 3.13. The molecule has 3 fully saturated rings. The number of allylic oxidation sites excluding steroid dienone is 1. The summed E-state index contributed by atoms with van der Waals surface area (Å²) in [5.41, 5.74) is 11.0. The minimum absolute atomic E-state index is 0.124. The van der Waals surface area contributed by atoms with Gasteiger partial charge in [-0.15, -0.1) is 0 Å². The second-order valence-corrected chi connectivity index (χ2v) is 9.00. The summed E-state index contributed by atoms with van der Waals surface area (Å²) in [7, 11) is 0. The van der Waals surface area contributed by atoms with Gasteiger partial charge in [0.1, 0.15) is 0 Å². The highest BCUT2D eigenvalue weighted by Gasteiger charge is 2.58. The van der Waals surface area contributed by atoms with Crippen LogP contribution in [0.2, 0.25) is 0 Å². The average molecular weight is 315 g/mol. The van der Waals surface area contributed by atoms with Gasteiger partial charge in [0, 0.05) is 11.0 Å². The molecule has 4 aliphatic carbocycles. The Morgan fingerprint density at radius 3 is 2.78 bits per heavy atom. The lowest BCUT2D eigenvalue weighted by molar-refractivity contribution is -0.0400. The van der Waals surface area contributed by atoms with Crippen LogP contribution in [0.25, 0.3) is 10.4 Å². The number of azide groups is 1. The van der Waals surface area contributed by atoms with Gasteiger partial charge < -0.3 is 5.11 Å². The summed E-state index contributed by atoms with van der Waals surface area (Å²) in [5, 5.41) is 14.2. The summed E-state index contributed by atoms with van der Waals surface area (Å²) in [6, 6.07) is 0.199. The lowest BCUT2D eigenvalue weighted by atomic mass is 9.48. The Kier molecular flexibility index (Phi) is 3.55. The van der Waals surface area contributed by atoms with Crippen LogP contribution in [0.1, 0.15) is 65.2 Å². The molecule has 0 aromatic heterocycles. The molecule has 1 N–H and O–H groups in total.